The van der Waals surface area contributed by atoms with E-state index in [9.17, 15) is 8.42 Å². The maximum absolute atomic E-state index is 13.2. The van der Waals surface area contributed by atoms with Gasteiger partial charge >= 0.3 is 0 Å². The van der Waals surface area contributed by atoms with E-state index in [0.29, 0.717) is 26.3 Å². The molecule has 2 fully saturated rings. The number of imidazole rings is 1. The summed E-state index contributed by atoms with van der Waals surface area (Å²) in [7, 11) is -1.90. The maximum Gasteiger partial charge on any atom is 0.262 e. The predicted octanol–water partition coefficient (Wildman–Crippen LogP) is 1.45. The summed E-state index contributed by atoms with van der Waals surface area (Å²) in [5.74, 6) is -0.0726. The Morgan fingerprint density at radius 2 is 1.97 bits per heavy atom. The molecule has 9 heteroatoms. The Morgan fingerprint density at radius 3 is 2.73 bits per heavy atom. The van der Waals surface area contributed by atoms with Gasteiger partial charge in [0.2, 0.25) is 0 Å². The van der Waals surface area contributed by atoms with Gasteiger partial charge in [0.05, 0.1) is 19.5 Å². The van der Waals surface area contributed by atoms with Crippen molar-refractivity contribution in [3.8, 4) is 0 Å². The summed E-state index contributed by atoms with van der Waals surface area (Å²) in [4.78, 5) is 4.08. The van der Waals surface area contributed by atoms with Crippen molar-refractivity contribution in [3.05, 3.63) is 47.9 Å². The highest BCUT2D eigenvalue weighted by atomic mass is 32.2. The van der Waals surface area contributed by atoms with Crippen molar-refractivity contribution in [1.29, 1.82) is 0 Å². The third kappa shape index (κ3) is 3.69. The molecule has 3 heterocycles. The van der Waals surface area contributed by atoms with Crippen molar-refractivity contribution < 1.29 is 17.9 Å². The van der Waals surface area contributed by atoms with Crippen molar-refractivity contribution in [2.75, 3.05) is 26.3 Å². The number of hydrogen-bond donors (Lipinski definition) is 1. The van der Waals surface area contributed by atoms with E-state index in [-0.39, 0.29) is 23.0 Å². The fraction of sp³-hybridized carbons (Fsp3) is 0.571. The number of nitrogens with zero attached hydrogens (tertiary/aromatic N) is 3. The zero-order chi connectivity index (χ0) is 20.7. The second-order valence-corrected chi connectivity index (χ2v) is 10.3. The third-order valence-electron chi connectivity index (χ3n) is 6.37. The van der Waals surface area contributed by atoms with Gasteiger partial charge in [0.15, 0.2) is 11.3 Å². The molecule has 3 unspecified atom stereocenters. The van der Waals surface area contributed by atoms with Crippen LogP contribution in [-0.2, 0) is 33.0 Å². The predicted molar refractivity (Wildman–Crippen MR) is 110 cm³/mol. The summed E-state index contributed by atoms with van der Waals surface area (Å²) in [5.41, 5.74) is 2.68. The molecule has 0 bridgehead atoms. The molecule has 0 radical (unpaired) electrons. The lowest BCUT2D eigenvalue weighted by Gasteiger charge is -2.32. The first-order valence-electron chi connectivity index (χ1n) is 10.6. The first kappa shape index (κ1) is 20.1. The minimum atomic E-state index is -3.67. The van der Waals surface area contributed by atoms with E-state index in [0.717, 1.165) is 19.3 Å². The second kappa shape index (κ2) is 8.05. The Kier molecular flexibility index (Phi) is 5.40. The average molecular weight is 433 g/mol. The van der Waals surface area contributed by atoms with Gasteiger partial charge in [0, 0.05) is 44.3 Å². The van der Waals surface area contributed by atoms with Gasteiger partial charge in [-0.2, -0.15) is 4.31 Å². The van der Waals surface area contributed by atoms with Crippen LogP contribution < -0.4 is 5.32 Å². The molecule has 3 aliphatic rings. The molecule has 0 saturated carbocycles. The normalized spacial score (nSPS) is 28.1. The molecule has 2 saturated heterocycles. The lowest BCUT2D eigenvalue weighted by molar-refractivity contribution is -0.205. The Hall–Kier alpha value is -1.78. The molecule has 162 valence electrons. The van der Waals surface area contributed by atoms with Gasteiger partial charge in [-0.3, -0.25) is 0 Å². The largest absolute Gasteiger partial charge is 0.352 e. The fourth-order valence-corrected chi connectivity index (χ4v) is 6.31. The number of hydrogen-bond acceptors (Lipinski definition) is 6. The molecule has 5 rings (SSSR count). The van der Waals surface area contributed by atoms with Crippen molar-refractivity contribution >= 4 is 10.0 Å². The topological polar surface area (TPSA) is 85.7 Å². The molecule has 0 amide bonds. The Labute approximate surface area is 177 Å². The standard InChI is InChI=1S/C21H28N4O4S/c1-24-13-20(22-14-24)30(26,27)25-11-17(21-28-9-4-10-29-21)19(12-25)23-18-8-7-15-5-2-3-6-16(15)18/h2-3,5-6,13-14,17-19,21,23H,4,7-12H2,1H3. The van der Waals surface area contributed by atoms with Crippen LogP contribution in [0.5, 0.6) is 0 Å². The summed E-state index contributed by atoms with van der Waals surface area (Å²) in [6.07, 6.45) is 5.59. The number of aryl methyl sites for hydroxylation is 2. The van der Waals surface area contributed by atoms with E-state index < -0.39 is 16.3 Å². The second-order valence-electron chi connectivity index (χ2n) is 8.39. The number of rotatable bonds is 5. The van der Waals surface area contributed by atoms with Crippen LogP contribution in [0.4, 0.5) is 0 Å². The van der Waals surface area contributed by atoms with Crippen LogP contribution in [0.3, 0.4) is 0 Å². The van der Waals surface area contributed by atoms with Crippen LogP contribution in [-0.4, -0.2) is 60.9 Å². The van der Waals surface area contributed by atoms with E-state index in [4.69, 9.17) is 9.47 Å². The Morgan fingerprint density at radius 1 is 1.17 bits per heavy atom. The molecule has 3 atom stereocenters. The van der Waals surface area contributed by atoms with Crippen LogP contribution in [0, 0.1) is 5.92 Å². The van der Waals surface area contributed by atoms with E-state index in [1.165, 1.54) is 21.8 Å². The highest BCUT2D eigenvalue weighted by Crippen LogP contribution is 2.35. The Balaban J connectivity index is 1.39. The summed E-state index contributed by atoms with van der Waals surface area (Å²) < 4.78 is 41.4. The van der Waals surface area contributed by atoms with Gasteiger partial charge in [0.25, 0.3) is 10.0 Å². The monoisotopic (exact) mass is 432 g/mol. The summed E-state index contributed by atoms with van der Waals surface area (Å²) in [6, 6.07) is 8.65. The van der Waals surface area contributed by atoms with Crippen molar-refractivity contribution in [1.82, 2.24) is 19.2 Å². The van der Waals surface area contributed by atoms with Crippen LogP contribution in [0.1, 0.15) is 30.0 Å². The highest BCUT2D eigenvalue weighted by Gasteiger charge is 2.46. The number of ether oxygens (including phenoxy) is 2. The zero-order valence-electron chi connectivity index (χ0n) is 17.1. The van der Waals surface area contributed by atoms with Crippen molar-refractivity contribution in [2.45, 2.75) is 42.7 Å². The fourth-order valence-electron chi connectivity index (χ4n) is 4.84. The molecule has 1 aliphatic carbocycles. The number of benzene rings is 1. The van der Waals surface area contributed by atoms with E-state index >= 15 is 0 Å². The van der Waals surface area contributed by atoms with Crippen LogP contribution >= 0.6 is 0 Å². The summed E-state index contributed by atoms with van der Waals surface area (Å²) in [5, 5.41) is 3.83. The molecule has 8 nitrogen and oxygen atoms in total. The lowest BCUT2D eigenvalue weighted by atomic mass is 10.00. The lowest BCUT2D eigenvalue weighted by Crippen LogP contribution is -2.45. The molecule has 1 aromatic heterocycles. The minimum Gasteiger partial charge on any atom is -0.352 e. The number of fused-ring (bicyclic) bond motifs is 1. The first-order chi connectivity index (χ1) is 14.5. The van der Waals surface area contributed by atoms with Crippen LogP contribution in [0.15, 0.2) is 41.8 Å². The SMILES string of the molecule is Cn1cnc(S(=O)(=O)N2CC(NC3CCc4ccccc43)C(C3OCCCO3)C2)c1. The van der Waals surface area contributed by atoms with Gasteiger partial charge in [-0.25, -0.2) is 13.4 Å². The molecular weight excluding hydrogens is 404 g/mol. The Bertz CT molecular complexity index is 1000. The molecule has 2 aromatic rings. The zero-order valence-corrected chi connectivity index (χ0v) is 17.9. The highest BCUT2D eigenvalue weighted by molar-refractivity contribution is 7.89. The quantitative estimate of drug-likeness (QED) is 0.770. The molecule has 1 aromatic carbocycles. The van der Waals surface area contributed by atoms with Gasteiger partial charge in [0.1, 0.15) is 0 Å². The first-order valence-corrected chi connectivity index (χ1v) is 12.0. The minimum absolute atomic E-state index is 0.0530. The average Bonchev–Trinajstić information content (AvgIpc) is 3.48. The summed E-state index contributed by atoms with van der Waals surface area (Å²) in [6.45, 7) is 2.03. The van der Waals surface area contributed by atoms with Gasteiger partial charge in [-0.15, -0.1) is 0 Å². The van der Waals surface area contributed by atoms with Crippen molar-refractivity contribution in [2.24, 2.45) is 13.0 Å². The molecule has 30 heavy (non-hydrogen) atoms. The third-order valence-corrected chi connectivity index (χ3v) is 8.08. The number of aromatic nitrogens is 2. The van der Waals surface area contributed by atoms with E-state index in [1.54, 1.807) is 17.8 Å². The van der Waals surface area contributed by atoms with Crippen molar-refractivity contribution in [3.63, 3.8) is 0 Å². The molecule has 0 spiro atoms. The van der Waals surface area contributed by atoms with Gasteiger partial charge in [-0.05, 0) is 30.4 Å². The maximum atomic E-state index is 13.2. The molecule has 1 N–H and O–H groups in total. The van der Waals surface area contributed by atoms with Gasteiger partial charge in [-0.1, -0.05) is 24.3 Å². The number of sulfonamides is 1. The van der Waals surface area contributed by atoms with Crippen LogP contribution in [0.25, 0.3) is 0 Å². The number of nitrogens with one attached hydrogen (secondary N) is 1. The molecular formula is C21H28N4O4S. The summed E-state index contributed by atoms with van der Waals surface area (Å²) >= 11 is 0. The smallest absolute Gasteiger partial charge is 0.262 e. The molecule has 2 aliphatic heterocycles. The van der Waals surface area contributed by atoms with E-state index in [1.807, 2.05) is 0 Å². The van der Waals surface area contributed by atoms with E-state index in [2.05, 4.69) is 34.6 Å². The van der Waals surface area contributed by atoms with Crippen LogP contribution in [0.2, 0.25) is 0 Å². The van der Waals surface area contributed by atoms with Gasteiger partial charge < -0.3 is 19.4 Å².